The molecule has 262 valence electrons. The summed E-state index contributed by atoms with van der Waals surface area (Å²) in [5, 5.41) is 6.13. The maximum Gasteiger partial charge on any atom is 0.219 e. The normalized spacial score (nSPS) is 13.8. The van der Waals surface area contributed by atoms with Gasteiger partial charge < -0.3 is 15.5 Å². The van der Waals surface area contributed by atoms with Gasteiger partial charge in [0.15, 0.2) is 5.78 Å². The fourth-order valence-electron chi connectivity index (χ4n) is 5.80. The van der Waals surface area contributed by atoms with Gasteiger partial charge in [0.25, 0.3) is 0 Å². The molecule has 2 aliphatic rings. The molecule has 0 saturated heterocycles. The lowest BCUT2D eigenvalue weighted by Gasteiger charge is -2.18. The smallest absolute Gasteiger partial charge is 0.219 e. The number of hydrogen-bond acceptors (Lipinski definition) is 4. The molecule has 0 aromatic carbocycles. The molecule has 0 saturated carbocycles. The van der Waals surface area contributed by atoms with Crippen molar-refractivity contribution in [3.8, 4) is 0 Å². The molecule has 1 heterocycles. The Bertz CT molecular complexity index is 1030. The van der Waals surface area contributed by atoms with Crippen LogP contribution >= 0.6 is 0 Å². The predicted molar refractivity (Wildman–Crippen MR) is 198 cm³/mol. The fraction of sp³-hybridized carbons (Fsp3) is 0.634. The maximum absolute atomic E-state index is 12.1. The molecule has 0 radical (unpaired) electrons. The third-order valence-electron chi connectivity index (χ3n) is 8.84. The Labute approximate surface area is 287 Å². The molecule has 6 heteroatoms. The van der Waals surface area contributed by atoms with Crippen LogP contribution in [0, 0.1) is 0 Å². The first-order valence-corrected chi connectivity index (χ1v) is 19.0. The topological polar surface area (TPSA) is 78.5 Å². The van der Waals surface area contributed by atoms with Gasteiger partial charge in [-0.05, 0) is 67.6 Å². The number of allylic oxidation sites excluding steroid dienone is 10. The lowest BCUT2D eigenvalue weighted by atomic mass is 10.1. The van der Waals surface area contributed by atoms with E-state index in [9.17, 15) is 14.4 Å². The van der Waals surface area contributed by atoms with E-state index in [4.69, 9.17) is 0 Å². The molecule has 1 aliphatic carbocycles. The van der Waals surface area contributed by atoms with E-state index in [-0.39, 0.29) is 17.6 Å². The third-order valence-corrected chi connectivity index (χ3v) is 8.84. The zero-order chi connectivity index (χ0) is 33.6. The highest BCUT2D eigenvalue weighted by atomic mass is 16.2. The summed E-state index contributed by atoms with van der Waals surface area (Å²) in [6, 6.07) is 0. The monoisotopic (exact) mass is 648 g/mol. The van der Waals surface area contributed by atoms with Crippen molar-refractivity contribution in [3.05, 3.63) is 72.2 Å². The Morgan fingerprint density at radius 2 is 0.936 bits per heavy atom. The number of hydrogen-bond donors (Lipinski definition) is 2. The summed E-state index contributed by atoms with van der Waals surface area (Å²) < 4.78 is 0. The van der Waals surface area contributed by atoms with Crippen LogP contribution in [-0.2, 0) is 14.4 Å². The second-order valence-electron chi connectivity index (χ2n) is 13.2. The minimum absolute atomic E-state index is 0.0407. The number of nitrogens with zero attached hydrogens (tertiary/aromatic N) is 1. The maximum atomic E-state index is 12.1. The minimum atomic E-state index is 0.0407. The highest BCUT2D eigenvalue weighted by molar-refractivity contribution is 6.01. The van der Waals surface area contributed by atoms with E-state index >= 15 is 0 Å². The Morgan fingerprint density at radius 3 is 1.43 bits per heavy atom. The summed E-state index contributed by atoms with van der Waals surface area (Å²) in [6.45, 7) is 4.88. The van der Waals surface area contributed by atoms with Gasteiger partial charge in [0.2, 0.25) is 11.8 Å². The van der Waals surface area contributed by atoms with Crippen molar-refractivity contribution in [2.45, 2.75) is 148 Å². The molecular formula is C41H65N3O3. The van der Waals surface area contributed by atoms with E-state index in [1.807, 2.05) is 18.2 Å². The van der Waals surface area contributed by atoms with Crippen LogP contribution in [0.5, 0.6) is 0 Å². The molecule has 47 heavy (non-hydrogen) atoms. The van der Waals surface area contributed by atoms with Crippen LogP contribution in [0.2, 0.25) is 0 Å². The van der Waals surface area contributed by atoms with Gasteiger partial charge in [0.1, 0.15) is 0 Å². The molecule has 2 amide bonds. The van der Waals surface area contributed by atoms with Crippen LogP contribution in [-0.4, -0.2) is 42.1 Å². The number of unbranched alkanes of at least 4 members (excludes halogenated alkanes) is 17. The molecule has 0 unspecified atom stereocenters. The van der Waals surface area contributed by atoms with Gasteiger partial charge in [0.05, 0.1) is 0 Å². The highest BCUT2D eigenvalue weighted by Gasteiger charge is 2.04. The Balaban J connectivity index is 1.28. The molecule has 0 spiro atoms. The Kier molecular flexibility index (Phi) is 23.8. The first kappa shape index (κ1) is 40.0. The van der Waals surface area contributed by atoms with Crippen molar-refractivity contribution in [2.24, 2.45) is 0 Å². The molecule has 1 aliphatic heterocycles. The van der Waals surface area contributed by atoms with Gasteiger partial charge in [-0.25, -0.2) is 0 Å². The summed E-state index contributed by atoms with van der Waals surface area (Å²) in [7, 11) is 0. The number of nitrogens with one attached hydrogen (secondary N) is 2. The Morgan fingerprint density at radius 1 is 0.532 bits per heavy atom. The lowest BCUT2D eigenvalue weighted by Crippen LogP contribution is -2.23. The minimum Gasteiger partial charge on any atom is -0.356 e. The first-order chi connectivity index (χ1) is 23.1. The molecule has 0 aromatic rings. The number of carbonyl (C=O) groups is 3. The van der Waals surface area contributed by atoms with Gasteiger partial charge in [-0.15, -0.1) is 0 Å². The summed E-state index contributed by atoms with van der Waals surface area (Å²) >= 11 is 0. The quantitative estimate of drug-likeness (QED) is 0.0829. The number of carbonyl (C=O) groups excluding carboxylic acids is 3. The summed E-state index contributed by atoms with van der Waals surface area (Å²) in [4.78, 5) is 37.4. The zero-order valence-electron chi connectivity index (χ0n) is 29.6. The van der Waals surface area contributed by atoms with Crippen LogP contribution in [0.15, 0.2) is 72.2 Å². The number of ketones is 1. The van der Waals surface area contributed by atoms with Gasteiger partial charge in [0, 0.05) is 44.9 Å². The van der Waals surface area contributed by atoms with Crippen molar-refractivity contribution < 1.29 is 14.4 Å². The van der Waals surface area contributed by atoms with Crippen LogP contribution in [0.4, 0.5) is 0 Å². The first-order valence-electron chi connectivity index (χ1n) is 19.0. The Hall–Kier alpha value is -3.15. The summed E-state index contributed by atoms with van der Waals surface area (Å²) in [5.74, 6) is 0.479. The third kappa shape index (κ3) is 22.9. The molecule has 6 nitrogen and oxygen atoms in total. The van der Waals surface area contributed by atoms with Crippen molar-refractivity contribution >= 4 is 17.6 Å². The lowest BCUT2D eigenvalue weighted by molar-refractivity contribution is -0.122. The van der Waals surface area contributed by atoms with E-state index in [1.54, 1.807) is 12.2 Å². The largest absolute Gasteiger partial charge is 0.356 e. The van der Waals surface area contributed by atoms with E-state index in [0.29, 0.717) is 12.8 Å². The molecule has 0 bridgehead atoms. The summed E-state index contributed by atoms with van der Waals surface area (Å²) in [5.41, 5.74) is 2.19. The van der Waals surface area contributed by atoms with Crippen LogP contribution in [0.1, 0.15) is 148 Å². The van der Waals surface area contributed by atoms with Crippen molar-refractivity contribution in [3.63, 3.8) is 0 Å². The van der Waals surface area contributed by atoms with Crippen molar-refractivity contribution in [1.82, 2.24) is 15.5 Å². The molecule has 0 fully saturated rings. The number of amides is 2. The van der Waals surface area contributed by atoms with Gasteiger partial charge >= 0.3 is 0 Å². The predicted octanol–water partition coefficient (Wildman–Crippen LogP) is 9.71. The van der Waals surface area contributed by atoms with Crippen LogP contribution in [0.3, 0.4) is 0 Å². The average Bonchev–Trinajstić information content (AvgIpc) is 3.08. The zero-order valence-corrected chi connectivity index (χ0v) is 29.6. The molecule has 2 rings (SSSR count). The highest BCUT2D eigenvalue weighted by Crippen LogP contribution is 2.15. The van der Waals surface area contributed by atoms with Crippen LogP contribution in [0.25, 0.3) is 0 Å². The van der Waals surface area contributed by atoms with E-state index in [1.165, 1.54) is 89.9 Å². The molecule has 0 aromatic heterocycles. The van der Waals surface area contributed by atoms with E-state index in [0.717, 1.165) is 69.3 Å². The summed E-state index contributed by atoms with van der Waals surface area (Å²) in [6.07, 6.45) is 44.8. The van der Waals surface area contributed by atoms with E-state index < -0.39 is 0 Å². The van der Waals surface area contributed by atoms with E-state index in [2.05, 4.69) is 53.1 Å². The van der Waals surface area contributed by atoms with Crippen molar-refractivity contribution in [2.75, 3.05) is 19.6 Å². The second-order valence-corrected chi connectivity index (χ2v) is 13.2. The molecule has 2 N–H and O–H groups in total. The molecule has 0 atom stereocenters. The van der Waals surface area contributed by atoms with Gasteiger partial charge in [-0.1, -0.05) is 128 Å². The fourth-order valence-corrected chi connectivity index (χ4v) is 5.80. The number of rotatable bonds is 28. The van der Waals surface area contributed by atoms with Gasteiger partial charge in [-0.3, -0.25) is 14.4 Å². The van der Waals surface area contributed by atoms with Crippen molar-refractivity contribution in [1.29, 1.82) is 0 Å². The average molecular weight is 648 g/mol. The molecular weight excluding hydrogens is 582 g/mol. The second kappa shape index (κ2) is 27.9. The SMILES string of the molecule is CCCCCNC(=O)CCCCCCCCCCCNC(=O)CCCCCCCCCCN1C=CC(=CC=C2C=CC(=O)C=C2)C=C1. The van der Waals surface area contributed by atoms with Gasteiger partial charge in [-0.2, -0.15) is 0 Å². The standard InChI is InChI=1S/C41H65N3O3/c1-2-3-19-32-42-40(46)22-17-13-9-5-4-7-11-15-20-33-43-41(47)23-18-14-10-6-8-12-16-21-34-44-35-30-38(31-36-44)25-24-37-26-28-39(45)29-27-37/h24-31,35-36H,2-23,32-34H2,1H3,(H,42,46)(H,43,47). The van der Waals surface area contributed by atoms with Crippen LogP contribution < -0.4 is 10.6 Å².